The van der Waals surface area contributed by atoms with Gasteiger partial charge in [-0.05, 0) is 16.7 Å². The molecule has 3 rings (SSSR count). The van der Waals surface area contributed by atoms with E-state index in [1.165, 1.54) is 0 Å². The highest BCUT2D eigenvalue weighted by Gasteiger charge is 2.12. The van der Waals surface area contributed by atoms with Gasteiger partial charge >= 0.3 is 0 Å². The summed E-state index contributed by atoms with van der Waals surface area (Å²) < 4.78 is 12.0. The molecule has 3 aromatic rings. The van der Waals surface area contributed by atoms with Gasteiger partial charge in [-0.1, -0.05) is 91.0 Å². The van der Waals surface area contributed by atoms with Crippen LogP contribution in [0.2, 0.25) is 0 Å². The molecule has 0 spiro atoms. The third kappa shape index (κ3) is 5.34. The largest absolute Gasteiger partial charge is 0.347 e. The Kier molecular flexibility index (Phi) is 6.18. The van der Waals surface area contributed by atoms with Crippen molar-refractivity contribution in [1.29, 1.82) is 0 Å². The summed E-state index contributed by atoms with van der Waals surface area (Å²) in [5.41, 5.74) is 3.35. The zero-order valence-electron chi connectivity index (χ0n) is 13.5. The molecule has 0 unspecified atom stereocenters. The molecular weight excluding hydrogens is 296 g/mol. The number of hydrogen-bond donors (Lipinski definition) is 0. The molecule has 0 saturated heterocycles. The van der Waals surface area contributed by atoms with Gasteiger partial charge in [0.05, 0.1) is 13.2 Å². The van der Waals surface area contributed by atoms with Gasteiger partial charge in [0.2, 0.25) is 0 Å². The lowest BCUT2D eigenvalue weighted by Gasteiger charge is -2.19. The molecule has 0 fully saturated rings. The van der Waals surface area contributed by atoms with Crippen molar-refractivity contribution in [2.45, 2.75) is 19.5 Å². The van der Waals surface area contributed by atoms with Crippen molar-refractivity contribution < 1.29 is 9.47 Å². The molecule has 2 nitrogen and oxygen atoms in total. The van der Waals surface area contributed by atoms with E-state index in [2.05, 4.69) is 24.3 Å². The first kappa shape index (κ1) is 16.4. The van der Waals surface area contributed by atoms with E-state index in [1.807, 2.05) is 73.2 Å². The second-order valence-electron chi connectivity index (χ2n) is 5.54. The third-order valence-corrected chi connectivity index (χ3v) is 3.64. The van der Waals surface area contributed by atoms with Crippen LogP contribution < -0.4 is 0 Å². The Hall–Kier alpha value is -2.42. The van der Waals surface area contributed by atoms with Crippen molar-refractivity contribution in [2.75, 3.05) is 0 Å². The van der Waals surface area contributed by atoms with Crippen LogP contribution in [0.3, 0.4) is 0 Å². The predicted octanol–water partition coefficient (Wildman–Crippen LogP) is 5.00. The summed E-state index contributed by atoms with van der Waals surface area (Å²) in [6.45, 7) is 1.03. The highest BCUT2D eigenvalue weighted by Crippen LogP contribution is 2.14. The monoisotopic (exact) mass is 317 g/mol. The molecule has 0 amide bonds. The topological polar surface area (TPSA) is 18.5 Å². The average molecular weight is 317 g/mol. The van der Waals surface area contributed by atoms with E-state index in [0.717, 1.165) is 16.7 Å². The first-order valence-corrected chi connectivity index (χ1v) is 8.11. The quantitative estimate of drug-likeness (QED) is 0.544. The number of benzene rings is 3. The number of rotatable bonds is 8. The van der Waals surface area contributed by atoms with Gasteiger partial charge < -0.3 is 9.47 Å². The predicted molar refractivity (Wildman–Crippen MR) is 96.1 cm³/mol. The molecule has 2 heteroatoms. The molecule has 0 aliphatic carbocycles. The van der Waals surface area contributed by atoms with Gasteiger partial charge in [0.25, 0.3) is 0 Å². The Morgan fingerprint density at radius 2 is 1.00 bits per heavy atom. The fourth-order valence-corrected chi connectivity index (χ4v) is 2.37. The minimum Gasteiger partial charge on any atom is -0.347 e. The summed E-state index contributed by atoms with van der Waals surface area (Å²) in [4.78, 5) is 0. The second kappa shape index (κ2) is 9.02. The molecule has 0 atom stereocenters. The van der Waals surface area contributed by atoms with E-state index in [-0.39, 0.29) is 0 Å². The first-order chi connectivity index (χ1) is 11.9. The van der Waals surface area contributed by atoms with Crippen molar-refractivity contribution in [3.05, 3.63) is 114 Å². The molecule has 3 aromatic carbocycles. The fourth-order valence-electron chi connectivity index (χ4n) is 2.37. The van der Waals surface area contributed by atoms with Crippen LogP contribution in [0.25, 0.3) is 0 Å². The van der Waals surface area contributed by atoms with Crippen LogP contribution in [0.5, 0.6) is 0 Å². The lowest BCUT2D eigenvalue weighted by molar-refractivity contribution is -0.134. The van der Waals surface area contributed by atoms with Gasteiger partial charge in [0.1, 0.15) is 0 Å². The smallest absolute Gasteiger partial charge is 0.166 e. The van der Waals surface area contributed by atoms with E-state index in [1.54, 1.807) is 0 Å². The zero-order chi connectivity index (χ0) is 16.5. The highest BCUT2D eigenvalue weighted by molar-refractivity contribution is 5.23. The summed E-state index contributed by atoms with van der Waals surface area (Å²) in [5, 5.41) is 0. The van der Waals surface area contributed by atoms with Crippen molar-refractivity contribution >= 4 is 0 Å². The first-order valence-electron chi connectivity index (χ1n) is 8.11. The van der Waals surface area contributed by atoms with Gasteiger partial charge in [-0.3, -0.25) is 0 Å². The van der Waals surface area contributed by atoms with Crippen LogP contribution in [-0.4, -0.2) is 6.29 Å². The lowest BCUT2D eigenvalue weighted by Crippen LogP contribution is -2.18. The normalized spacial score (nSPS) is 10.9. The Morgan fingerprint density at radius 3 is 1.46 bits per heavy atom. The minimum atomic E-state index is -0.396. The van der Waals surface area contributed by atoms with Crippen molar-refractivity contribution in [1.82, 2.24) is 0 Å². The second-order valence-corrected chi connectivity index (χ2v) is 5.54. The molecular formula is C22H21O2. The van der Waals surface area contributed by atoms with Crippen LogP contribution in [0.1, 0.15) is 16.7 Å². The Balaban J connectivity index is 1.61. The lowest BCUT2D eigenvalue weighted by atomic mass is 10.1. The van der Waals surface area contributed by atoms with Crippen LogP contribution in [0, 0.1) is 6.42 Å². The van der Waals surface area contributed by atoms with Crippen molar-refractivity contribution in [2.24, 2.45) is 0 Å². The molecule has 0 heterocycles. The van der Waals surface area contributed by atoms with Gasteiger partial charge in [0.15, 0.2) is 6.29 Å². The summed E-state index contributed by atoms with van der Waals surface area (Å²) in [5.74, 6) is 0. The molecule has 0 bridgehead atoms. The summed E-state index contributed by atoms with van der Waals surface area (Å²) in [6, 6.07) is 30.4. The van der Waals surface area contributed by atoms with Gasteiger partial charge in [-0.25, -0.2) is 0 Å². The molecule has 1 radical (unpaired) electrons. The maximum Gasteiger partial charge on any atom is 0.166 e. The zero-order valence-corrected chi connectivity index (χ0v) is 13.5. The van der Waals surface area contributed by atoms with Gasteiger partial charge in [-0.15, -0.1) is 0 Å². The standard InChI is InChI=1S/C22H21O2/c1-4-10-19(11-5-1)16-22(23-17-20-12-6-2-7-13-20)24-18-21-14-8-3-9-15-21/h1-16,22H,17-18H2. The van der Waals surface area contributed by atoms with E-state index < -0.39 is 6.29 Å². The maximum atomic E-state index is 5.98. The molecule has 121 valence electrons. The summed E-state index contributed by atoms with van der Waals surface area (Å²) >= 11 is 0. The van der Waals surface area contributed by atoms with Crippen LogP contribution in [0.4, 0.5) is 0 Å². The molecule has 0 saturated carbocycles. The van der Waals surface area contributed by atoms with E-state index in [4.69, 9.17) is 9.47 Å². The van der Waals surface area contributed by atoms with E-state index in [9.17, 15) is 0 Å². The molecule has 0 aliphatic rings. The summed E-state index contributed by atoms with van der Waals surface area (Å²) in [6.07, 6.45) is 1.61. The number of ether oxygens (including phenoxy) is 2. The molecule has 0 N–H and O–H groups in total. The highest BCUT2D eigenvalue weighted by atomic mass is 16.7. The minimum absolute atomic E-state index is 0.396. The fraction of sp³-hybridized carbons (Fsp3) is 0.136. The number of hydrogen-bond acceptors (Lipinski definition) is 2. The van der Waals surface area contributed by atoms with Gasteiger partial charge in [0, 0.05) is 6.42 Å². The van der Waals surface area contributed by atoms with Gasteiger partial charge in [-0.2, -0.15) is 0 Å². The Morgan fingerprint density at radius 1 is 0.583 bits per heavy atom. The van der Waals surface area contributed by atoms with Crippen LogP contribution in [-0.2, 0) is 22.7 Å². The Bertz CT molecular complexity index is 652. The average Bonchev–Trinajstić information content (AvgIpc) is 2.66. The maximum absolute atomic E-state index is 5.98. The van der Waals surface area contributed by atoms with Crippen LogP contribution in [0.15, 0.2) is 91.0 Å². The molecule has 0 aromatic heterocycles. The summed E-state index contributed by atoms with van der Waals surface area (Å²) in [7, 11) is 0. The van der Waals surface area contributed by atoms with Crippen molar-refractivity contribution in [3.63, 3.8) is 0 Å². The third-order valence-electron chi connectivity index (χ3n) is 3.64. The van der Waals surface area contributed by atoms with Crippen LogP contribution >= 0.6 is 0 Å². The SMILES string of the molecule is [CH](c1ccccc1)C(OCc1ccccc1)OCc1ccccc1. The van der Waals surface area contributed by atoms with E-state index >= 15 is 0 Å². The Labute approximate surface area is 143 Å². The molecule has 24 heavy (non-hydrogen) atoms. The van der Waals surface area contributed by atoms with E-state index in [0.29, 0.717) is 13.2 Å². The van der Waals surface area contributed by atoms with Crippen molar-refractivity contribution in [3.8, 4) is 0 Å². The molecule has 0 aliphatic heterocycles.